The van der Waals surface area contributed by atoms with Crippen molar-refractivity contribution >= 4 is 23.3 Å². The smallest absolute Gasteiger partial charge is 0.246 e. The van der Waals surface area contributed by atoms with Crippen molar-refractivity contribution in [1.82, 2.24) is 19.5 Å². The Labute approximate surface area is 193 Å². The van der Waals surface area contributed by atoms with Gasteiger partial charge in [0.2, 0.25) is 5.91 Å². The molecule has 1 aliphatic heterocycles. The number of aryl methyl sites for hydroxylation is 2. The van der Waals surface area contributed by atoms with E-state index in [1.807, 2.05) is 46.1 Å². The number of ether oxygens (including phenoxy) is 2. The second kappa shape index (κ2) is 9.13. The number of fused-ring (bicyclic) bond motifs is 3. The Morgan fingerprint density at radius 2 is 1.82 bits per heavy atom. The van der Waals surface area contributed by atoms with Crippen LogP contribution in [0.15, 0.2) is 36.7 Å². The van der Waals surface area contributed by atoms with Gasteiger partial charge in [-0.3, -0.25) is 4.79 Å². The molecule has 0 bridgehead atoms. The molecule has 33 heavy (non-hydrogen) atoms. The van der Waals surface area contributed by atoms with E-state index in [-0.39, 0.29) is 5.91 Å². The molecule has 0 radical (unpaired) electrons. The van der Waals surface area contributed by atoms with Crippen LogP contribution in [0.25, 0.3) is 11.6 Å². The first kappa shape index (κ1) is 21.3. The minimum atomic E-state index is 0.0114. The maximum Gasteiger partial charge on any atom is 0.246 e. The van der Waals surface area contributed by atoms with Crippen LogP contribution >= 0.6 is 0 Å². The minimum absolute atomic E-state index is 0.0114. The first-order chi connectivity index (χ1) is 16.2. The number of anilines is 1. The number of carbonyl (C=O) groups excluding carboxylic acids is 1. The standard InChI is InChI=1S/C25H29N5O3/c1-32-21-9-7-18(17-22(21)33-2)8-10-23(31)28-13-15-29(16-14-28)25-24-19-5-3-4-6-20(19)27-30(24)12-11-26-25/h7-12,17H,3-6,13-16H2,1-2H3/b10-8+. The number of rotatable bonds is 5. The van der Waals surface area contributed by atoms with E-state index in [2.05, 4.69) is 4.90 Å². The van der Waals surface area contributed by atoms with Gasteiger partial charge in [-0.2, -0.15) is 5.10 Å². The lowest BCUT2D eigenvalue weighted by molar-refractivity contribution is -0.126. The molecule has 1 fully saturated rings. The zero-order chi connectivity index (χ0) is 22.8. The third-order valence-electron chi connectivity index (χ3n) is 6.52. The normalized spacial score (nSPS) is 16.3. The van der Waals surface area contributed by atoms with Gasteiger partial charge in [-0.25, -0.2) is 9.50 Å². The van der Waals surface area contributed by atoms with Crippen molar-refractivity contribution in [1.29, 1.82) is 0 Å². The highest BCUT2D eigenvalue weighted by atomic mass is 16.5. The molecular formula is C25H29N5O3. The van der Waals surface area contributed by atoms with Gasteiger partial charge in [-0.15, -0.1) is 0 Å². The molecule has 172 valence electrons. The van der Waals surface area contributed by atoms with Crippen LogP contribution in [0.2, 0.25) is 0 Å². The summed E-state index contributed by atoms with van der Waals surface area (Å²) in [4.78, 5) is 21.7. The summed E-state index contributed by atoms with van der Waals surface area (Å²) >= 11 is 0. The molecule has 3 heterocycles. The highest BCUT2D eigenvalue weighted by Gasteiger charge is 2.25. The van der Waals surface area contributed by atoms with Gasteiger partial charge in [-0.05, 0) is 49.5 Å². The van der Waals surface area contributed by atoms with Crippen LogP contribution in [-0.2, 0) is 17.6 Å². The molecular weight excluding hydrogens is 418 g/mol. The molecule has 8 heteroatoms. The Morgan fingerprint density at radius 1 is 1.03 bits per heavy atom. The number of carbonyl (C=O) groups is 1. The average molecular weight is 448 g/mol. The highest BCUT2D eigenvalue weighted by Crippen LogP contribution is 2.31. The fourth-order valence-corrected chi connectivity index (χ4v) is 4.75. The number of hydrogen-bond acceptors (Lipinski definition) is 6. The van der Waals surface area contributed by atoms with Gasteiger partial charge >= 0.3 is 0 Å². The van der Waals surface area contributed by atoms with Crippen LogP contribution in [0.5, 0.6) is 11.5 Å². The van der Waals surface area contributed by atoms with Gasteiger partial charge < -0.3 is 19.3 Å². The van der Waals surface area contributed by atoms with Crippen molar-refractivity contribution < 1.29 is 14.3 Å². The van der Waals surface area contributed by atoms with Crippen molar-refractivity contribution in [2.75, 3.05) is 45.3 Å². The first-order valence-corrected chi connectivity index (χ1v) is 11.5. The summed E-state index contributed by atoms with van der Waals surface area (Å²) in [5.41, 5.74) is 4.59. The Balaban J connectivity index is 1.26. The second-order valence-electron chi connectivity index (χ2n) is 8.44. The fourth-order valence-electron chi connectivity index (χ4n) is 4.75. The number of amides is 1. The monoisotopic (exact) mass is 447 g/mol. The van der Waals surface area contributed by atoms with Crippen molar-refractivity contribution in [3.05, 3.63) is 53.5 Å². The lowest BCUT2D eigenvalue weighted by Crippen LogP contribution is -2.48. The van der Waals surface area contributed by atoms with Gasteiger partial charge in [0.1, 0.15) is 5.52 Å². The first-order valence-electron chi connectivity index (χ1n) is 11.5. The van der Waals surface area contributed by atoms with E-state index in [9.17, 15) is 4.79 Å². The van der Waals surface area contributed by atoms with E-state index < -0.39 is 0 Å². The molecule has 0 atom stereocenters. The molecule has 0 saturated carbocycles. The largest absolute Gasteiger partial charge is 0.493 e. The topological polar surface area (TPSA) is 72.2 Å². The molecule has 8 nitrogen and oxygen atoms in total. The molecule has 1 saturated heterocycles. The summed E-state index contributed by atoms with van der Waals surface area (Å²) in [5, 5.41) is 4.79. The van der Waals surface area contributed by atoms with Crippen molar-refractivity contribution in [3.63, 3.8) is 0 Å². The summed E-state index contributed by atoms with van der Waals surface area (Å²) in [7, 11) is 3.21. The fraction of sp³-hybridized carbons (Fsp3) is 0.400. The van der Waals surface area contributed by atoms with E-state index in [1.165, 1.54) is 24.1 Å². The molecule has 0 spiro atoms. The molecule has 0 unspecified atom stereocenters. The van der Waals surface area contributed by atoms with E-state index in [0.717, 1.165) is 42.8 Å². The Hall–Kier alpha value is -3.55. The third-order valence-corrected chi connectivity index (χ3v) is 6.52. The predicted molar refractivity (Wildman–Crippen MR) is 127 cm³/mol. The van der Waals surface area contributed by atoms with Crippen LogP contribution in [0.3, 0.4) is 0 Å². The van der Waals surface area contributed by atoms with Crippen molar-refractivity contribution in [2.45, 2.75) is 25.7 Å². The van der Waals surface area contributed by atoms with Crippen LogP contribution in [-0.4, -0.2) is 65.8 Å². The third kappa shape index (κ3) is 4.13. The molecule has 1 aliphatic carbocycles. The summed E-state index contributed by atoms with van der Waals surface area (Å²) in [6.45, 7) is 2.83. The minimum Gasteiger partial charge on any atom is -0.493 e. The lowest BCUT2D eigenvalue weighted by atomic mass is 9.97. The van der Waals surface area contributed by atoms with Gasteiger partial charge in [0.15, 0.2) is 17.3 Å². The molecule has 5 rings (SSSR count). The van der Waals surface area contributed by atoms with Crippen LogP contribution in [0.1, 0.15) is 29.7 Å². The SMILES string of the molecule is COc1ccc(/C=C/C(=O)N2CCN(c3nccn4nc5c(c34)CCCC5)CC2)cc1OC. The summed E-state index contributed by atoms with van der Waals surface area (Å²) < 4.78 is 12.6. The highest BCUT2D eigenvalue weighted by molar-refractivity contribution is 5.92. The van der Waals surface area contributed by atoms with Gasteiger partial charge in [0.25, 0.3) is 0 Å². The maximum absolute atomic E-state index is 12.8. The maximum atomic E-state index is 12.8. The van der Waals surface area contributed by atoms with E-state index in [0.29, 0.717) is 24.6 Å². The number of piperazine rings is 1. The number of methoxy groups -OCH3 is 2. The quantitative estimate of drug-likeness (QED) is 0.560. The second-order valence-corrected chi connectivity index (χ2v) is 8.44. The predicted octanol–water partition coefficient (Wildman–Crippen LogP) is 2.99. The zero-order valence-electron chi connectivity index (χ0n) is 19.2. The molecule has 2 aromatic heterocycles. The number of benzene rings is 1. The number of aromatic nitrogens is 3. The van der Waals surface area contributed by atoms with Crippen LogP contribution in [0.4, 0.5) is 5.82 Å². The number of hydrogen-bond donors (Lipinski definition) is 0. The van der Waals surface area contributed by atoms with E-state index in [1.54, 1.807) is 20.3 Å². The Bertz CT molecular complexity index is 1190. The van der Waals surface area contributed by atoms with Gasteiger partial charge in [-0.1, -0.05) is 6.07 Å². The Morgan fingerprint density at radius 3 is 2.61 bits per heavy atom. The molecule has 3 aromatic rings. The molecule has 1 amide bonds. The molecule has 0 N–H and O–H groups in total. The van der Waals surface area contributed by atoms with Gasteiger partial charge in [0.05, 0.1) is 19.9 Å². The zero-order valence-corrected chi connectivity index (χ0v) is 19.2. The molecule has 1 aromatic carbocycles. The summed E-state index contributed by atoms with van der Waals surface area (Å²) in [6.07, 6.45) is 11.7. The van der Waals surface area contributed by atoms with Crippen molar-refractivity contribution in [3.8, 4) is 11.5 Å². The van der Waals surface area contributed by atoms with Crippen LogP contribution in [0, 0.1) is 0 Å². The van der Waals surface area contributed by atoms with E-state index in [4.69, 9.17) is 19.6 Å². The average Bonchev–Trinajstić information content (AvgIpc) is 3.26. The molecule has 2 aliphatic rings. The van der Waals surface area contributed by atoms with Crippen molar-refractivity contribution in [2.24, 2.45) is 0 Å². The van der Waals surface area contributed by atoms with Crippen LogP contribution < -0.4 is 14.4 Å². The number of nitrogens with zero attached hydrogens (tertiary/aromatic N) is 5. The summed E-state index contributed by atoms with van der Waals surface area (Å²) in [5.74, 6) is 2.31. The summed E-state index contributed by atoms with van der Waals surface area (Å²) in [6, 6.07) is 5.60. The lowest BCUT2D eigenvalue weighted by Gasteiger charge is -2.35. The van der Waals surface area contributed by atoms with E-state index >= 15 is 0 Å². The Kier molecular flexibility index (Phi) is 5.90. The van der Waals surface area contributed by atoms with Gasteiger partial charge in [0, 0.05) is 50.2 Å².